The van der Waals surface area contributed by atoms with Crippen molar-refractivity contribution < 1.29 is 14.3 Å². The number of ether oxygens (including phenoxy) is 2. The van der Waals surface area contributed by atoms with Gasteiger partial charge in [-0.05, 0) is 49.4 Å². The molecule has 0 aliphatic rings. The number of aromatic nitrogens is 1. The number of amides is 1. The van der Waals surface area contributed by atoms with Gasteiger partial charge in [0.25, 0.3) is 5.91 Å². The van der Waals surface area contributed by atoms with Gasteiger partial charge < -0.3 is 14.8 Å². The largest absolute Gasteiger partial charge is 0.493 e. The zero-order valence-electron chi connectivity index (χ0n) is 16.1. The highest BCUT2D eigenvalue weighted by molar-refractivity contribution is 7.21. The van der Waals surface area contributed by atoms with Gasteiger partial charge in [0.2, 0.25) is 0 Å². The molecule has 0 spiro atoms. The Bertz CT molecular complexity index is 1140. The average molecular weight is 404 g/mol. The molecule has 0 unspecified atom stereocenters. The van der Waals surface area contributed by atoms with Crippen LogP contribution in [0.5, 0.6) is 11.5 Å². The third-order valence-electron chi connectivity index (χ3n) is 4.43. The van der Waals surface area contributed by atoms with Gasteiger partial charge in [0.1, 0.15) is 5.01 Å². The van der Waals surface area contributed by atoms with Gasteiger partial charge in [-0.2, -0.15) is 0 Å². The third kappa shape index (κ3) is 3.93. The van der Waals surface area contributed by atoms with Crippen LogP contribution in [0.1, 0.15) is 17.3 Å². The predicted octanol–water partition coefficient (Wildman–Crippen LogP) is 5.62. The van der Waals surface area contributed by atoms with E-state index in [1.807, 2.05) is 55.5 Å². The highest BCUT2D eigenvalue weighted by Crippen LogP contribution is 2.35. The van der Waals surface area contributed by atoms with E-state index in [4.69, 9.17) is 14.5 Å². The molecule has 4 rings (SSSR count). The molecule has 1 amide bonds. The molecule has 6 heteroatoms. The summed E-state index contributed by atoms with van der Waals surface area (Å²) in [7, 11) is 1.56. The summed E-state index contributed by atoms with van der Waals surface area (Å²) in [6.07, 6.45) is 0. The van der Waals surface area contributed by atoms with Crippen molar-refractivity contribution in [1.82, 2.24) is 4.98 Å². The van der Waals surface area contributed by atoms with E-state index in [1.54, 1.807) is 36.6 Å². The van der Waals surface area contributed by atoms with Crippen molar-refractivity contribution >= 4 is 33.1 Å². The number of carbonyl (C=O) groups excluding carboxylic acids is 1. The molecule has 5 nitrogen and oxygen atoms in total. The minimum Gasteiger partial charge on any atom is -0.493 e. The molecule has 1 heterocycles. The van der Waals surface area contributed by atoms with E-state index in [1.165, 1.54) is 0 Å². The third-order valence-corrected chi connectivity index (χ3v) is 5.49. The Morgan fingerprint density at radius 3 is 2.62 bits per heavy atom. The van der Waals surface area contributed by atoms with Crippen LogP contribution in [-0.2, 0) is 0 Å². The fourth-order valence-electron chi connectivity index (χ4n) is 3.04. The summed E-state index contributed by atoms with van der Waals surface area (Å²) in [4.78, 5) is 17.6. The van der Waals surface area contributed by atoms with Gasteiger partial charge in [0.15, 0.2) is 11.5 Å². The lowest BCUT2D eigenvalue weighted by molar-refractivity contribution is 0.102. The molecule has 146 valence electrons. The molecule has 3 aromatic carbocycles. The van der Waals surface area contributed by atoms with Gasteiger partial charge >= 0.3 is 0 Å². The van der Waals surface area contributed by atoms with Crippen LogP contribution < -0.4 is 14.8 Å². The first-order valence-electron chi connectivity index (χ1n) is 9.26. The van der Waals surface area contributed by atoms with Crippen LogP contribution in [0.25, 0.3) is 20.8 Å². The van der Waals surface area contributed by atoms with Crippen LogP contribution >= 0.6 is 11.3 Å². The van der Waals surface area contributed by atoms with Crippen LogP contribution in [0.3, 0.4) is 0 Å². The van der Waals surface area contributed by atoms with Crippen LogP contribution in [0.15, 0.2) is 66.7 Å². The minimum atomic E-state index is -0.222. The number of fused-ring (bicyclic) bond motifs is 1. The van der Waals surface area contributed by atoms with E-state index in [9.17, 15) is 4.79 Å². The number of carbonyl (C=O) groups is 1. The molecule has 29 heavy (non-hydrogen) atoms. The van der Waals surface area contributed by atoms with E-state index in [-0.39, 0.29) is 5.91 Å². The standard InChI is InChI=1S/C23H20N2O3S/c1-3-28-19-13-12-15(14-20(19)27-2)22(26)24-17-9-5-4-8-16(17)23-25-18-10-6-7-11-21(18)29-23/h4-14H,3H2,1-2H3,(H,24,26). The van der Waals surface area contributed by atoms with Crippen molar-refractivity contribution in [2.45, 2.75) is 6.92 Å². The number of hydrogen-bond donors (Lipinski definition) is 1. The Morgan fingerprint density at radius 2 is 1.83 bits per heavy atom. The first kappa shape index (κ1) is 19.0. The number of anilines is 1. The zero-order chi connectivity index (χ0) is 20.2. The molecule has 1 aromatic heterocycles. The van der Waals surface area contributed by atoms with Gasteiger partial charge in [0.05, 0.1) is 29.6 Å². The first-order valence-corrected chi connectivity index (χ1v) is 10.1. The van der Waals surface area contributed by atoms with Crippen molar-refractivity contribution in [2.24, 2.45) is 0 Å². The summed E-state index contributed by atoms with van der Waals surface area (Å²) in [6.45, 7) is 2.43. The van der Waals surface area contributed by atoms with Crippen molar-refractivity contribution in [3.05, 3.63) is 72.3 Å². The van der Waals surface area contributed by atoms with Gasteiger partial charge in [-0.15, -0.1) is 11.3 Å². The highest BCUT2D eigenvalue weighted by atomic mass is 32.1. The molecule has 0 fully saturated rings. The van der Waals surface area contributed by atoms with E-state index in [0.717, 1.165) is 20.8 Å². The van der Waals surface area contributed by atoms with E-state index >= 15 is 0 Å². The van der Waals surface area contributed by atoms with Crippen LogP contribution in [-0.4, -0.2) is 24.6 Å². The number of nitrogens with one attached hydrogen (secondary N) is 1. The van der Waals surface area contributed by atoms with Crippen LogP contribution in [0.4, 0.5) is 5.69 Å². The number of methoxy groups -OCH3 is 1. The molecular formula is C23H20N2O3S. The maximum atomic E-state index is 12.9. The molecule has 0 aliphatic heterocycles. The van der Waals surface area contributed by atoms with Gasteiger partial charge in [-0.1, -0.05) is 24.3 Å². The summed E-state index contributed by atoms with van der Waals surface area (Å²) in [6, 6.07) is 20.8. The van der Waals surface area contributed by atoms with Crippen molar-refractivity contribution in [3.8, 4) is 22.1 Å². The second-order valence-corrected chi connectivity index (χ2v) is 7.32. The fourth-order valence-corrected chi connectivity index (χ4v) is 4.05. The topological polar surface area (TPSA) is 60.5 Å². The Kier molecular flexibility index (Phi) is 5.44. The Labute approximate surface area is 172 Å². The highest BCUT2D eigenvalue weighted by Gasteiger charge is 2.15. The molecule has 4 aromatic rings. The predicted molar refractivity (Wildman–Crippen MR) is 117 cm³/mol. The monoisotopic (exact) mass is 404 g/mol. The average Bonchev–Trinajstić information content (AvgIpc) is 3.18. The van der Waals surface area contributed by atoms with Crippen molar-refractivity contribution in [2.75, 3.05) is 19.0 Å². The van der Waals surface area contributed by atoms with Crippen molar-refractivity contribution in [3.63, 3.8) is 0 Å². The van der Waals surface area contributed by atoms with Crippen molar-refractivity contribution in [1.29, 1.82) is 0 Å². The maximum absolute atomic E-state index is 12.9. The molecule has 0 radical (unpaired) electrons. The van der Waals surface area contributed by atoms with Crippen LogP contribution in [0, 0.1) is 0 Å². The molecule has 0 aliphatic carbocycles. The number of nitrogens with zero attached hydrogens (tertiary/aromatic N) is 1. The molecule has 1 N–H and O–H groups in total. The summed E-state index contributed by atoms with van der Waals surface area (Å²) >= 11 is 1.60. The molecule has 0 bridgehead atoms. The lowest BCUT2D eigenvalue weighted by Gasteiger charge is -2.12. The van der Waals surface area contributed by atoms with E-state index in [2.05, 4.69) is 5.32 Å². The lowest BCUT2D eigenvalue weighted by atomic mass is 10.1. The fraction of sp³-hybridized carbons (Fsp3) is 0.130. The summed E-state index contributed by atoms with van der Waals surface area (Å²) in [5.41, 5.74) is 3.04. The Hall–Kier alpha value is -3.38. The smallest absolute Gasteiger partial charge is 0.255 e. The normalized spacial score (nSPS) is 10.7. The number of hydrogen-bond acceptors (Lipinski definition) is 5. The van der Waals surface area contributed by atoms with E-state index in [0.29, 0.717) is 29.4 Å². The van der Waals surface area contributed by atoms with Gasteiger partial charge in [-0.25, -0.2) is 4.98 Å². The van der Waals surface area contributed by atoms with Crippen LogP contribution in [0.2, 0.25) is 0 Å². The van der Waals surface area contributed by atoms with Gasteiger partial charge in [-0.3, -0.25) is 4.79 Å². The number of rotatable bonds is 6. The number of thiazole rings is 1. The Balaban J connectivity index is 1.64. The zero-order valence-corrected chi connectivity index (χ0v) is 17.0. The Morgan fingerprint density at radius 1 is 1.03 bits per heavy atom. The SMILES string of the molecule is CCOc1ccc(C(=O)Nc2ccccc2-c2nc3ccccc3s2)cc1OC. The first-order chi connectivity index (χ1) is 14.2. The number of para-hydroxylation sites is 2. The van der Waals surface area contributed by atoms with Gasteiger partial charge in [0, 0.05) is 11.1 Å². The molecular weight excluding hydrogens is 384 g/mol. The number of benzene rings is 3. The summed E-state index contributed by atoms with van der Waals surface area (Å²) < 4.78 is 12.0. The lowest BCUT2D eigenvalue weighted by Crippen LogP contribution is -2.13. The maximum Gasteiger partial charge on any atom is 0.255 e. The molecule has 0 saturated carbocycles. The quantitative estimate of drug-likeness (QED) is 0.453. The van der Waals surface area contributed by atoms with E-state index < -0.39 is 0 Å². The second-order valence-electron chi connectivity index (χ2n) is 6.29. The summed E-state index contributed by atoms with van der Waals surface area (Å²) in [5.74, 6) is 0.917. The molecule has 0 atom stereocenters. The minimum absolute atomic E-state index is 0.222. The summed E-state index contributed by atoms with van der Waals surface area (Å²) in [5, 5.41) is 3.87. The molecule has 0 saturated heterocycles. The second kappa shape index (κ2) is 8.32.